The average Bonchev–Trinajstić information content (AvgIpc) is 3.22. The maximum absolute atomic E-state index is 11.9. The summed E-state index contributed by atoms with van der Waals surface area (Å²) in [7, 11) is 0. The number of carboxylic acids is 1. The molecule has 4 aliphatic rings. The van der Waals surface area contributed by atoms with Crippen molar-refractivity contribution < 1.29 is 9.90 Å². The Morgan fingerprint density at radius 3 is 2.46 bits per heavy atom. The van der Waals surface area contributed by atoms with Gasteiger partial charge in [-0.15, -0.1) is 4.91 Å². The van der Waals surface area contributed by atoms with E-state index < -0.39 is 5.97 Å². The van der Waals surface area contributed by atoms with Crippen molar-refractivity contribution in [2.45, 2.75) is 24.7 Å². The Labute approximate surface area is 139 Å². The molecule has 1 aromatic carbocycles. The summed E-state index contributed by atoms with van der Waals surface area (Å²) in [6.45, 7) is 1.93. The monoisotopic (exact) mass is 322 g/mol. The first-order valence-corrected chi connectivity index (χ1v) is 8.54. The fourth-order valence-corrected chi connectivity index (χ4v) is 5.22. The highest BCUT2D eigenvalue weighted by atomic mass is 16.4. The number of nitrogens with zero attached hydrogens (tertiary/aromatic N) is 2. The molecular weight excluding hydrogens is 304 g/mol. The Hall–Kier alpha value is -2.43. The van der Waals surface area contributed by atoms with Crippen molar-refractivity contribution in [3.63, 3.8) is 0 Å². The first-order chi connectivity index (χ1) is 11.7. The minimum absolute atomic E-state index is 0.0816. The lowest BCUT2D eigenvalue weighted by molar-refractivity contribution is 0.0696. The molecule has 0 unspecified atom stereocenters. The second kappa shape index (κ2) is 4.79. The van der Waals surface area contributed by atoms with Gasteiger partial charge in [-0.05, 0) is 47.0 Å². The fourth-order valence-electron chi connectivity index (χ4n) is 5.22. The molecule has 1 N–H and O–H groups in total. The minimum Gasteiger partial charge on any atom is -0.478 e. The number of allylic oxidation sites excluding steroid dienone is 4. The molecule has 2 heterocycles. The molecule has 0 fully saturated rings. The van der Waals surface area contributed by atoms with E-state index >= 15 is 0 Å². The smallest absolute Gasteiger partial charge is 0.338 e. The number of hydrogen-bond acceptors (Lipinski definition) is 4. The molecule has 0 radical (unpaired) electrons. The van der Waals surface area contributed by atoms with E-state index in [1.807, 2.05) is 0 Å². The highest BCUT2D eigenvalue weighted by molar-refractivity contribution is 5.99. The summed E-state index contributed by atoms with van der Waals surface area (Å²) >= 11 is 0. The Morgan fingerprint density at radius 1 is 1.12 bits per heavy atom. The standard InChI is InChI=1S/C19H18N2O3/c22-19(23)17-15(20-24)7-14-12-5-1-3-10(12)8-21-9-11-4-2-6-13(11)16(17)18(14)21/h1-2,5-7,10-13H,3-4,8-9H2,(H,22,23)/t10-,11-,12+,13-/m1/s1. The molecule has 4 atom stereocenters. The van der Waals surface area contributed by atoms with Gasteiger partial charge < -0.3 is 10.0 Å². The molecule has 0 amide bonds. The lowest BCUT2D eigenvalue weighted by Gasteiger charge is -2.46. The Morgan fingerprint density at radius 2 is 1.79 bits per heavy atom. The second-order valence-electron chi connectivity index (χ2n) is 7.32. The van der Waals surface area contributed by atoms with Crippen molar-refractivity contribution in [2.24, 2.45) is 17.0 Å². The van der Waals surface area contributed by atoms with Gasteiger partial charge in [-0.25, -0.2) is 4.79 Å². The van der Waals surface area contributed by atoms with Crippen molar-refractivity contribution in [1.29, 1.82) is 0 Å². The molecular formula is C19H18N2O3. The minimum atomic E-state index is -1.05. The predicted molar refractivity (Wildman–Crippen MR) is 91.0 cm³/mol. The van der Waals surface area contributed by atoms with E-state index in [-0.39, 0.29) is 23.1 Å². The van der Waals surface area contributed by atoms with E-state index in [0.29, 0.717) is 11.8 Å². The third-order valence-electron chi connectivity index (χ3n) is 6.16. The second-order valence-corrected chi connectivity index (χ2v) is 7.32. The highest BCUT2D eigenvalue weighted by Crippen LogP contribution is 2.55. The number of hydrogen-bond donors (Lipinski definition) is 1. The van der Waals surface area contributed by atoms with E-state index in [1.165, 1.54) is 0 Å². The number of rotatable bonds is 2. The molecule has 0 aromatic heterocycles. The highest BCUT2D eigenvalue weighted by Gasteiger charge is 2.45. The van der Waals surface area contributed by atoms with Gasteiger partial charge in [0.05, 0.1) is 5.56 Å². The van der Waals surface area contributed by atoms with Crippen LogP contribution < -0.4 is 4.90 Å². The van der Waals surface area contributed by atoms with Crippen molar-refractivity contribution in [3.05, 3.63) is 52.0 Å². The fraction of sp³-hybridized carbons (Fsp3) is 0.421. The summed E-state index contributed by atoms with van der Waals surface area (Å²) in [5, 5.41) is 12.9. The van der Waals surface area contributed by atoms with Crippen LogP contribution in [0.25, 0.3) is 0 Å². The molecule has 5 heteroatoms. The first-order valence-electron chi connectivity index (χ1n) is 8.54. The van der Waals surface area contributed by atoms with Crippen LogP contribution in [0.4, 0.5) is 11.4 Å². The SMILES string of the molecule is O=Nc1cc2c3c(c1C(=O)O)[C@@H]1C=CC[C@@H]1CN3C[C@H]1CC=C[C@H]21. The van der Waals surface area contributed by atoms with Crippen LogP contribution in [0.5, 0.6) is 0 Å². The van der Waals surface area contributed by atoms with Gasteiger partial charge in [0.25, 0.3) is 0 Å². The Bertz CT molecular complexity index is 824. The molecule has 2 aliphatic heterocycles. The summed E-state index contributed by atoms with van der Waals surface area (Å²) < 4.78 is 0. The van der Waals surface area contributed by atoms with Gasteiger partial charge in [-0.1, -0.05) is 24.3 Å². The number of fused-ring (bicyclic) bond motifs is 4. The van der Waals surface area contributed by atoms with Gasteiger partial charge >= 0.3 is 5.97 Å². The van der Waals surface area contributed by atoms with Crippen LogP contribution in [0.1, 0.15) is 46.2 Å². The molecule has 5 nitrogen and oxygen atoms in total. The lowest BCUT2D eigenvalue weighted by Crippen LogP contribution is -2.44. The number of nitroso groups, excluding NO2 is 1. The normalized spacial score (nSPS) is 31.6. The molecule has 0 bridgehead atoms. The van der Waals surface area contributed by atoms with Gasteiger partial charge in [0.1, 0.15) is 5.69 Å². The van der Waals surface area contributed by atoms with E-state index in [4.69, 9.17) is 0 Å². The van der Waals surface area contributed by atoms with Crippen LogP contribution in [-0.4, -0.2) is 24.2 Å². The summed E-state index contributed by atoms with van der Waals surface area (Å²) in [6.07, 6.45) is 10.7. The van der Waals surface area contributed by atoms with Crippen molar-refractivity contribution in [3.8, 4) is 0 Å². The number of carbonyl (C=O) groups is 1. The zero-order valence-electron chi connectivity index (χ0n) is 13.2. The first kappa shape index (κ1) is 14.0. The predicted octanol–water partition coefficient (Wildman–Crippen LogP) is 3.94. The zero-order chi connectivity index (χ0) is 16.4. The van der Waals surface area contributed by atoms with E-state index in [1.54, 1.807) is 6.07 Å². The average molecular weight is 322 g/mol. The molecule has 24 heavy (non-hydrogen) atoms. The van der Waals surface area contributed by atoms with Gasteiger partial charge in [-0.3, -0.25) is 0 Å². The number of benzene rings is 1. The molecule has 122 valence electrons. The quantitative estimate of drug-likeness (QED) is 0.661. The maximum atomic E-state index is 11.9. The van der Waals surface area contributed by atoms with Gasteiger partial charge in [0.2, 0.25) is 0 Å². The third kappa shape index (κ3) is 1.67. The van der Waals surface area contributed by atoms with Crippen LogP contribution in [0.15, 0.2) is 35.5 Å². The molecule has 0 spiro atoms. The van der Waals surface area contributed by atoms with E-state index in [9.17, 15) is 14.8 Å². The lowest BCUT2D eigenvalue weighted by atomic mass is 9.73. The molecule has 0 saturated carbocycles. The molecule has 2 aliphatic carbocycles. The largest absolute Gasteiger partial charge is 0.478 e. The van der Waals surface area contributed by atoms with E-state index in [2.05, 4.69) is 34.4 Å². The van der Waals surface area contributed by atoms with Crippen LogP contribution in [0.3, 0.4) is 0 Å². The molecule has 5 rings (SSSR count). The van der Waals surface area contributed by atoms with Crippen LogP contribution in [-0.2, 0) is 0 Å². The number of carboxylic acid groups (broad SMARTS) is 1. The summed E-state index contributed by atoms with van der Waals surface area (Å²) in [4.78, 5) is 25.7. The maximum Gasteiger partial charge on any atom is 0.338 e. The Balaban J connectivity index is 1.85. The Kier molecular flexibility index (Phi) is 2.78. The van der Waals surface area contributed by atoms with Crippen molar-refractivity contribution in [2.75, 3.05) is 18.0 Å². The van der Waals surface area contributed by atoms with E-state index in [0.717, 1.165) is 42.7 Å². The van der Waals surface area contributed by atoms with Gasteiger partial charge in [0.15, 0.2) is 0 Å². The molecule has 1 aromatic rings. The van der Waals surface area contributed by atoms with Crippen LogP contribution >= 0.6 is 0 Å². The summed E-state index contributed by atoms with van der Waals surface area (Å²) in [6, 6.07) is 1.73. The van der Waals surface area contributed by atoms with Gasteiger partial charge in [0, 0.05) is 30.6 Å². The molecule has 0 saturated heterocycles. The number of anilines is 1. The summed E-state index contributed by atoms with van der Waals surface area (Å²) in [5.74, 6) is 0.236. The van der Waals surface area contributed by atoms with Crippen LogP contribution in [0.2, 0.25) is 0 Å². The van der Waals surface area contributed by atoms with Crippen molar-refractivity contribution in [1.82, 2.24) is 0 Å². The zero-order valence-corrected chi connectivity index (χ0v) is 13.2. The topological polar surface area (TPSA) is 70.0 Å². The summed E-state index contributed by atoms with van der Waals surface area (Å²) in [5.41, 5.74) is 3.15. The van der Waals surface area contributed by atoms with Gasteiger partial charge in [-0.2, -0.15) is 0 Å². The van der Waals surface area contributed by atoms with Crippen molar-refractivity contribution >= 4 is 17.3 Å². The third-order valence-corrected chi connectivity index (χ3v) is 6.16. The number of aromatic carboxylic acids is 1. The van der Waals surface area contributed by atoms with Crippen LogP contribution in [0, 0.1) is 16.7 Å².